The van der Waals surface area contributed by atoms with Gasteiger partial charge in [-0.05, 0) is 23.5 Å². The Labute approximate surface area is 216 Å². The van der Waals surface area contributed by atoms with Gasteiger partial charge in [-0.2, -0.15) is 12.6 Å². The maximum Gasteiger partial charge on any atom is 0.326 e. The van der Waals surface area contributed by atoms with Crippen LogP contribution in [0.4, 0.5) is 0 Å². The van der Waals surface area contributed by atoms with Crippen LogP contribution in [0.3, 0.4) is 0 Å². The number of nitrogens with two attached hydrogens (primary N) is 1. The number of fused-ring (bicyclic) bond motifs is 1. The molecule has 0 aliphatic heterocycles. The average Bonchev–Trinajstić information content (AvgIpc) is 3.26. The molecule has 198 valence electrons. The van der Waals surface area contributed by atoms with Gasteiger partial charge in [0.1, 0.15) is 18.1 Å². The standard InChI is InChI=1S/C25H37N5O5S/c1-5-14(4)21(25(34)35)30-22(31)18(10-15-11-27-17-9-7-6-8-16(15)17)28-23(32)19(12-36)29-24(33)20(26)13(2)3/h6-9,11,13-14,18-21,27,36H,5,10,12,26H2,1-4H3,(H,28,32)(H,29,33)(H,30,31)(H,34,35). The highest BCUT2D eigenvalue weighted by molar-refractivity contribution is 7.80. The molecule has 5 atom stereocenters. The van der Waals surface area contributed by atoms with Crippen molar-refractivity contribution < 1.29 is 24.3 Å². The van der Waals surface area contributed by atoms with E-state index in [9.17, 15) is 24.3 Å². The van der Waals surface area contributed by atoms with Crippen molar-refractivity contribution >= 4 is 47.2 Å². The summed E-state index contributed by atoms with van der Waals surface area (Å²) in [6.45, 7) is 7.14. The Morgan fingerprint density at radius 1 is 1.00 bits per heavy atom. The normalized spacial score (nSPS) is 15.5. The van der Waals surface area contributed by atoms with E-state index < -0.39 is 47.9 Å². The quantitative estimate of drug-likeness (QED) is 0.196. The molecule has 0 aliphatic rings. The number of aliphatic carboxylic acids is 1. The van der Waals surface area contributed by atoms with Crippen LogP contribution in [0, 0.1) is 11.8 Å². The molecule has 11 heteroatoms. The number of benzene rings is 1. The third-order valence-electron chi connectivity index (χ3n) is 6.35. The molecule has 5 unspecified atom stereocenters. The van der Waals surface area contributed by atoms with Crippen LogP contribution < -0.4 is 21.7 Å². The first-order valence-corrected chi connectivity index (χ1v) is 12.7. The van der Waals surface area contributed by atoms with Crippen molar-refractivity contribution in [2.75, 3.05) is 5.75 Å². The van der Waals surface area contributed by atoms with Crippen molar-refractivity contribution in [1.29, 1.82) is 0 Å². The van der Waals surface area contributed by atoms with Crippen LogP contribution in [-0.4, -0.2) is 63.7 Å². The molecule has 1 aromatic carbocycles. The van der Waals surface area contributed by atoms with E-state index in [4.69, 9.17) is 5.73 Å². The number of carboxylic acid groups (broad SMARTS) is 1. The highest BCUT2D eigenvalue weighted by Crippen LogP contribution is 2.19. The molecule has 0 spiro atoms. The summed E-state index contributed by atoms with van der Waals surface area (Å²) in [5.41, 5.74) is 7.53. The minimum Gasteiger partial charge on any atom is -0.480 e. The first kappa shape index (κ1) is 29.2. The van der Waals surface area contributed by atoms with Crippen LogP contribution in [0.2, 0.25) is 0 Å². The maximum atomic E-state index is 13.3. The fourth-order valence-corrected chi connectivity index (χ4v) is 3.96. The van der Waals surface area contributed by atoms with Gasteiger partial charge >= 0.3 is 5.97 Å². The predicted molar refractivity (Wildman–Crippen MR) is 142 cm³/mol. The molecule has 10 nitrogen and oxygen atoms in total. The first-order chi connectivity index (χ1) is 17.0. The third-order valence-corrected chi connectivity index (χ3v) is 6.71. The van der Waals surface area contributed by atoms with Crippen molar-refractivity contribution in [3.8, 4) is 0 Å². The fraction of sp³-hybridized carbons (Fsp3) is 0.520. The molecule has 2 aromatic rings. The van der Waals surface area contributed by atoms with E-state index in [0.29, 0.717) is 6.42 Å². The van der Waals surface area contributed by atoms with Gasteiger partial charge in [-0.3, -0.25) is 14.4 Å². The molecule has 0 aliphatic carbocycles. The van der Waals surface area contributed by atoms with Crippen molar-refractivity contribution in [2.24, 2.45) is 17.6 Å². The highest BCUT2D eigenvalue weighted by Gasteiger charge is 2.32. The second-order valence-corrected chi connectivity index (χ2v) is 9.71. The van der Waals surface area contributed by atoms with Gasteiger partial charge in [0.2, 0.25) is 17.7 Å². The van der Waals surface area contributed by atoms with E-state index >= 15 is 0 Å². The smallest absolute Gasteiger partial charge is 0.326 e. The lowest BCUT2D eigenvalue weighted by molar-refractivity contribution is -0.143. The van der Waals surface area contributed by atoms with Gasteiger partial charge in [-0.15, -0.1) is 0 Å². The van der Waals surface area contributed by atoms with Crippen LogP contribution in [0.25, 0.3) is 10.9 Å². The zero-order valence-electron chi connectivity index (χ0n) is 21.1. The molecule has 0 saturated carbocycles. The lowest BCUT2D eigenvalue weighted by Crippen LogP contribution is -2.59. The third kappa shape index (κ3) is 7.47. The Morgan fingerprint density at radius 3 is 2.19 bits per heavy atom. The molecular weight excluding hydrogens is 482 g/mol. The van der Waals surface area contributed by atoms with E-state index in [1.807, 2.05) is 31.2 Å². The molecule has 1 heterocycles. The second-order valence-electron chi connectivity index (χ2n) is 9.35. The van der Waals surface area contributed by atoms with Gasteiger partial charge in [-0.1, -0.05) is 52.3 Å². The number of rotatable bonds is 13. The van der Waals surface area contributed by atoms with E-state index in [0.717, 1.165) is 16.5 Å². The summed E-state index contributed by atoms with van der Waals surface area (Å²) in [6.07, 6.45) is 2.40. The number of thiol groups is 1. The molecular formula is C25H37N5O5S. The SMILES string of the molecule is CCC(C)C(NC(=O)C(Cc1c[nH]c2ccccc12)NC(=O)C(CS)NC(=O)C(N)C(C)C)C(=O)O. The van der Waals surface area contributed by atoms with Crippen molar-refractivity contribution in [3.05, 3.63) is 36.0 Å². The zero-order chi connectivity index (χ0) is 27.0. The van der Waals surface area contributed by atoms with Crippen molar-refractivity contribution in [2.45, 2.75) is 64.7 Å². The largest absolute Gasteiger partial charge is 0.480 e. The Bertz CT molecular complexity index is 1070. The molecule has 3 amide bonds. The minimum atomic E-state index is -1.15. The number of para-hydroxylation sites is 1. The molecule has 1 aromatic heterocycles. The van der Waals surface area contributed by atoms with Crippen LogP contribution in [0.1, 0.15) is 39.7 Å². The van der Waals surface area contributed by atoms with E-state index in [1.54, 1.807) is 27.0 Å². The van der Waals surface area contributed by atoms with Gasteiger partial charge in [0.25, 0.3) is 0 Å². The summed E-state index contributed by atoms with van der Waals surface area (Å²) in [4.78, 5) is 53.7. The number of H-pyrrole nitrogens is 1. The van der Waals surface area contributed by atoms with Crippen LogP contribution >= 0.6 is 12.6 Å². The molecule has 0 fully saturated rings. The first-order valence-electron chi connectivity index (χ1n) is 12.0. The molecule has 7 N–H and O–H groups in total. The topological polar surface area (TPSA) is 166 Å². The van der Waals surface area contributed by atoms with Crippen LogP contribution in [0.5, 0.6) is 0 Å². The number of hydrogen-bond acceptors (Lipinski definition) is 6. The monoisotopic (exact) mass is 519 g/mol. The number of aromatic amines is 1. The number of hydrogen-bond donors (Lipinski definition) is 7. The Morgan fingerprint density at radius 2 is 1.61 bits per heavy atom. The second kappa shape index (κ2) is 13.3. The molecule has 0 radical (unpaired) electrons. The summed E-state index contributed by atoms with van der Waals surface area (Å²) >= 11 is 4.18. The van der Waals surface area contributed by atoms with Gasteiger partial charge in [0.05, 0.1) is 6.04 Å². The van der Waals surface area contributed by atoms with Crippen LogP contribution in [0.15, 0.2) is 30.5 Å². The summed E-state index contributed by atoms with van der Waals surface area (Å²) in [5.74, 6) is -3.39. The van der Waals surface area contributed by atoms with E-state index in [2.05, 4.69) is 33.6 Å². The number of nitrogens with one attached hydrogen (secondary N) is 4. The lowest BCUT2D eigenvalue weighted by Gasteiger charge is -2.26. The van der Waals surface area contributed by atoms with Gasteiger partial charge in [0, 0.05) is 29.3 Å². The maximum absolute atomic E-state index is 13.3. The predicted octanol–water partition coefficient (Wildman–Crippen LogP) is 1.21. The summed E-state index contributed by atoms with van der Waals surface area (Å²) in [7, 11) is 0. The van der Waals surface area contributed by atoms with Crippen molar-refractivity contribution in [1.82, 2.24) is 20.9 Å². The molecule has 0 saturated heterocycles. The van der Waals surface area contributed by atoms with Gasteiger partial charge < -0.3 is 31.8 Å². The van der Waals surface area contributed by atoms with Crippen molar-refractivity contribution in [3.63, 3.8) is 0 Å². The Balaban J connectivity index is 2.29. The van der Waals surface area contributed by atoms with Gasteiger partial charge in [0.15, 0.2) is 0 Å². The molecule has 36 heavy (non-hydrogen) atoms. The summed E-state index contributed by atoms with van der Waals surface area (Å²) < 4.78 is 0. The number of amides is 3. The summed E-state index contributed by atoms with van der Waals surface area (Å²) in [6, 6.07) is 3.46. The number of aromatic nitrogens is 1. The number of carbonyl (C=O) groups is 4. The lowest BCUT2D eigenvalue weighted by atomic mass is 9.98. The van der Waals surface area contributed by atoms with Crippen LogP contribution in [-0.2, 0) is 25.6 Å². The number of carbonyl (C=O) groups excluding carboxylic acids is 3. The van der Waals surface area contributed by atoms with Gasteiger partial charge in [-0.25, -0.2) is 4.79 Å². The number of carboxylic acids is 1. The Kier molecular flexibility index (Phi) is 10.8. The minimum absolute atomic E-state index is 0.0194. The molecule has 2 rings (SSSR count). The summed E-state index contributed by atoms with van der Waals surface area (Å²) in [5, 5.41) is 18.3. The van der Waals surface area contributed by atoms with E-state index in [1.165, 1.54) is 0 Å². The average molecular weight is 520 g/mol. The van der Waals surface area contributed by atoms with E-state index in [-0.39, 0.29) is 24.0 Å². The highest BCUT2D eigenvalue weighted by atomic mass is 32.1. The fourth-order valence-electron chi connectivity index (χ4n) is 3.70. The zero-order valence-corrected chi connectivity index (χ0v) is 22.0. The molecule has 0 bridgehead atoms. The Hall–Kier alpha value is -3.05.